The molecule has 0 spiro atoms. The van der Waals surface area contributed by atoms with Crippen LogP contribution in [0.4, 0.5) is 0 Å². The van der Waals surface area contributed by atoms with Gasteiger partial charge in [0.15, 0.2) is 5.66 Å². The zero-order valence-electron chi connectivity index (χ0n) is 17.0. The summed E-state index contributed by atoms with van der Waals surface area (Å²) in [4.78, 5) is 10.1. The number of nitrogens with zero attached hydrogens (tertiary/aromatic N) is 2. The molecule has 0 saturated heterocycles. The summed E-state index contributed by atoms with van der Waals surface area (Å²) in [5, 5.41) is 0. The van der Waals surface area contributed by atoms with Crippen molar-refractivity contribution in [2.45, 2.75) is 51.3 Å². The molecule has 1 aliphatic heterocycles. The smallest absolute Gasteiger partial charge is 0.181 e. The molecule has 1 unspecified atom stereocenters. The maximum Gasteiger partial charge on any atom is 0.181 e. The Balaban J connectivity index is 1.81. The number of hydrogen-bond donors (Lipinski definition) is 1. The first-order chi connectivity index (χ1) is 13.5. The van der Waals surface area contributed by atoms with E-state index in [2.05, 4.69) is 49.4 Å². The van der Waals surface area contributed by atoms with Crippen LogP contribution < -0.4 is 5.73 Å². The average Bonchev–Trinajstić information content (AvgIpc) is 3.04. The number of ether oxygens (including phenoxy) is 1. The number of aryl methyl sites for hydroxylation is 1. The summed E-state index contributed by atoms with van der Waals surface area (Å²) in [6.07, 6.45) is 4.52. The van der Waals surface area contributed by atoms with E-state index in [-0.39, 0.29) is 0 Å². The van der Waals surface area contributed by atoms with Gasteiger partial charge in [-0.2, -0.15) is 0 Å². The number of methoxy groups -OCH3 is 1. The fourth-order valence-electron chi connectivity index (χ4n) is 4.66. The number of hydrogen-bond acceptors (Lipinski definition) is 4. The van der Waals surface area contributed by atoms with Gasteiger partial charge in [-0.3, -0.25) is 4.99 Å². The molecule has 0 bridgehead atoms. The molecule has 2 aromatic carbocycles. The third-order valence-corrected chi connectivity index (χ3v) is 6.32. The van der Waals surface area contributed by atoms with E-state index in [1.54, 1.807) is 0 Å². The Bertz CT molecular complexity index is 891. The third kappa shape index (κ3) is 3.26. The van der Waals surface area contributed by atoms with E-state index >= 15 is 0 Å². The first-order valence-electron chi connectivity index (χ1n) is 10.1. The highest BCUT2D eigenvalue weighted by Gasteiger charge is 2.45. The fourth-order valence-corrected chi connectivity index (χ4v) is 4.66. The maximum absolute atomic E-state index is 6.25. The zero-order valence-corrected chi connectivity index (χ0v) is 17.0. The quantitative estimate of drug-likeness (QED) is 0.830. The lowest BCUT2D eigenvalue weighted by molar-refractivity contribution is 0.0426. The predicted molar refractivity (Wildman–Crippen MR) is 116 cm³/mol. The van der Waals surface area contributed by atoms with Gasteiger partial charge in [0.25, 0.3) is 0 Å². The monoisotopic (exact) mass is 375 g/mol. The minimum Gasteiger partial charge on any atom is -0.382 e. The molecule has 0 amide bonds. The Labute approximate surface area is 167 Å². The minimum absolute atomic E-state index is 0.333. The molecule has 1 aliphatic carbocycles. The summed E-state index contributed by atoms with van der Waals surface area (Å²) >= 11 is 0. The lowest BCUT2D eigenvalue weighted by Crippen LogP contribution is -2.36. The van der Waals surface area contributed by atoms with E-state index in [0.29, 0.717) is 17.9 Å². The first kappa shape index (κ1) is 18.9. The minimum atomic E-state index is -0.609. The van der Waals surface area contributed by atoms with Gasteiger partial charge in [-0.05, 0) is 62.3 Å². The second-order valence-electron chi connectivity index (χ2n) is 8.03. The Morgan fingerprint density at radius 1 is 0.929 bits per heavy atom. The van der Waals surface area contributed by atoms with Gasteiger partial charge in [-0.15, -0.1) is 0 Å². The van der Waals surface area contributed by atoms with Crippen molar-refractivity contribution >= 4 is 11.5 Å². The van der Waals surface area contributed by atoms with E-state index in [0.717, 1.165) is 31.4 Å². The van der Waals surface area contributed by atoms with Crippen LogP contribution in [0.3, 0.4) is 0 Å². The molecule has 0 aromatic heterocycles. The van der Waals surface area contributed by atoms with Crippen molar-refractivity contribution in [3.63, 3.8) is 0 Å². The normalized spacial score (nSPS) is 27.4. The Morgan fingerprint density at radius 3 is 2.25 bits per heavy atom. The van der Waals surface area contributed by atoms with Gasteiger partial charge < -0.3 is 10.5 Å². The second kappa shape index (κ2) is 7.51. The topological polar surface area (TPSA) is 60.0 Å². The van der Waals surface area contributed by atoms with Crippen molar-refractivity contribution in [2.24, 2.45) is 21.6 Å². The molecule has 2 aromatic rings. The maximum atomic E-state index is 6.25. The van der Waals surface area contributed by atoms with Crippen LogP contribution in [-0.4, -0.2) is 24.8 Å². The van der Waals surface area contributed by atoms with Gasteiger partial charge in [0, 0.05) is 18.6 Å². The molecule has 1 fully saturated rings. The van der Waals surface area contributed by atoms with Crippen molar-refractivity contribution in [3.05, 3.63) is 59.7 Å². The van der Waals surface area contributed by atoms with E-state index in [9.17, 15) is 0 Å². The molecule has 1 heterocycles. The zero-order chi connectivity index (χ0) is 19.7. The molecule has 2 aliphatic rings. The Hall–Kier alpha value is -2.46. The lowest BCUT2D eigenvalue weighted by Gasteiger charge is -2.38. The number of amidine groups is 1. The summed E-state index contributed by atoms with van der Waals surface area (Å²) in [5.41, 5.74) is 11.3. The molecule has 4 rings (SSSR count). The van der Waals surface area contributed by atoms with Gasteiger partial charge in [0.05, 0.1) is 11.8 Å². The molecular weight excluding hydrogens is 346 g/mol. The molecule has 4 nitrogen and oxygen atoms in total. The predicted octanol–water partition coefficient (Wildman–Crippen LogP) is 4.85. The van der Waals surface area contributed by atoms with Crippen LogP contribution in [0.15, 0.2) is 58.5 Å². The van der Waals surface area contributed by atoms with Crippen LogP contribution in [-0.2, 0) is 10.4 Å². The summed E-state index contributed by atoms with van der Waals surface area (Å²) in [6.45, 7) is 4.12. The number of benzene rings is 2. The molecule has 28 heavy (non-hydrogen) atoms. The van der Waals surface area contributed by atoms with Crippen LogP contribution in [0.5, 0.6) is 0 Å². The van der Waals surface area contributed by atoms with Crippen molar-refractivity contribution in [3.8, 4) is 11.1 Å². The van der Waals surface area contributed by atoms with Crippen molar-refractivity contribution in [1.29, 1.82) is 0 Å². The van der Waals surface area contributed by atoms with Gasteiger partial charge in [0.1, 0.15) is 5.84 Å². The molecular formula is C24H29N3O. The van der Waals surface area contributed by atoms with Gasteiger partial charge >= 0.3 is 0 Å². The van der Waals surface area contributed by atoms with E-state index < -0.39 is 5.66 Å². The first-order valence-corrected chi connectivity index (χ1v) is 10.1. The van der Waals surface area contributed by atoms with Crippen molar-refractivity contribution in [2.75, 3.05) is 7.11 Å². The van der Waals surface area contributed by atoms with Gasteiger partial charge in [-0.1, -0.05) is 42.5 Å². The highest BCUT2D eigenvalue weighted by Crippen LogP contribution is 2.47. The highest BCUT2D eigenvalue weighted by molar-refractivity contribution is 6.41. The largest absolute Gasteiger partial charge is 0.382 e. The van der Waals surface area contributed by atoms with E-state index in [4.69, 9.17) is 20.5 Å². The van der Waals surface area contributed by atoms with Crippen molar-refractivity contribution in [1.82, 2.24) is 0 Å². The molecule has 1 saturated carbocycles. The highest BCUT2D eigenvalue weighted by atomic mass is 16.5. The van der Waals surface area contributed by atoms with Crippen LogP contribution in [0.1, 0.15) is 43.7 Å². The molecule has 146 valence electrons. The van der Waals surface area contributed by atoms with Crippen LogP contribution >= 0.6 is 0 Å². The summed E-state index contributed by atoms with van der Waals surface area (Å²) in [7, 11) is 1.81. The number of aliphatic imine (C=N–C) groups is 2. The Kier molecular flexibility index (Phi) is 5.07. The van der Waals surface area contributed by atoms with Gasteiger partial charge in [0.2, 0.25) is 0 Å². The van der Waals surface area contributed by atoms with E-state index in [1.807, 2.05) is 20.1 Å². The molecule has 1 atom stereocenters. The summed E-state index contributed by atoms with van der Waals surface area (Å²) < 4.78 is 5.59. The molecule has 0 radical (unpaired) electrons. The Morgan fingerprint density at radius 2 is 1.64 bits per heavy atom. The van der Waals surface area contributed by atoms with Crippen LogP contribution in [0.25, 0.3) is 11.1 Å². The SMILES string of the molecule is COC1CCC(C2(c3cc(-c4ccccc4)ccc3C)N=C(C)C(N)=N2)CC1. The number of rotatable bonds is 4. The fraction of sp³-hybridized carbons (Fsp3) is 0.417. The lowest BCUT2D eigenvalue weighted by atomic mass is 9.74. The molecule has 4 heteroatoms. The second-order valence-corrected chi connectivity index (χ2v) is 8.03. The molecule has 2 N–H and O–H groups in total. The average molecular weight is 376 g/mol. The van der Waals surface area contributed by atoms with Crippen molar-refractivity contribution < 1.29 is 4.74 Å². The number of nitrogens with two attached hydrogens (primary N) is 1. The summed E-state index contributed by atoms with van der Waals surface area (Å²) in [5.74, 6) is 0.901. The van der Waals surface area contributed by atoms with Crippen LogP contribution in [0, 0.1) is 12.8 Å². The van der Waals surface area contributed by atoms with Gasteiger partial charge in [-0.25, -0.2) is 4.99 Å². The standard InChI is InChI=1S/C24H29N3O/c1-16-9-10-19(18-7-5-4-6-8-18)15-22(16)24(26-17(2)23(25)27-24)20-11-13-21(28-3)14-12-20/h4-10,15,20-21H,11-14H2,1-3H3,(H2,25,27). The van der Waals surface area contributed by atoms with Crippen LogP contribution in [0.2, 0.25) is 0 Å². The third-order valence-electron chi connectivity index (χ3n) is 6.32. The summed E-state index contributed by atoms with van der Waals surface area (Å²) in [6, 6.07) is 17.1. The van der Waals surface area contributed by atoms with E-state index in [1.165, 1.54) is 22.3 Å².